The molecule has 0 unspecified atom stereocenters. The molecule has 0 aliphatic rings. The lowest BCUT2D eigenvalue weighted by Gasteiger charge is -2.16. The van der Waals surface area contributed by atoms with Crippen LogP contribution in [0.5, 0.6) is 0 Å². The number of hydrogen-bond donors (Lipinski definition) is 1. The minimum atomic E-state index is 0.675. The fourth-order valence-corrected chi connectivity index (χ4v) is 2.07. The number of nitrogens with zero attached hydrogens (tertiary/aromatic N) is 2. The Hall–Kier alpha value is -1.19. The van der Waals surface area contributed by atoms with Crippen molar-refractivity contribution in [1.29, 1.82) is 0 Å². The molecule has 1 rings (SSSR count). The summed E-state index contributed by atoms with van der Waals surface area (Å²) >= 11 is 0. The van der Waals surface area contributed by atoms with Crippen LogP contribution in [0.25, 0.3) is 0 Å². The van der Waals surface area contributed by atoms with Gasteiger partial charge in [0.2, 0.25) is 0 Å². The number of pyridine rings is 1. The number of hydrogen-bond acceptors (Lipinski definition) is 3. The lowest BCUT2D eigenvalue weighted by molar-refractivity contribution is 0.319. The molecule has 0 bridgehead atoms. The molecule has 0 saturated carbocycles. The summed E-state index contributed by atoms with van der Waals surface area (Å²) in [6.45, 7) is 12.1. The van der Waals surface area contributed by atoms with Gasteiger partial charge in [0.25, 0.3) is 0 Å². The van der Waals surface area contributed by atoms with Gasteiger partial charge >= 0.3 is 0 Å². The van der Waals surface area contributed by atoms with E-state index in [4.69, 9.17) is 4.98 Å². The average Bonchev–Trinajstić information content (AvgIpc) is 2.39. The summed E-state index contributed by atoms with van der Waals surface area (Å²) < 4.78 is 0. The van der Waals surface area contributed by atoms with E-state index in [0.717, 1.165) is 50.4 Å². The molecular weight excluding hydrogens is 246 g/mol. The number of unbranched alkanes of at least 4 members (excludes halogenated alkanes) is 1. The normalized spacial score (nSPS) is 11.2. The molecule has 1 N–H and O–H groups in total. The van der Waals surface area contributed by atoms with Crippen LogP contribution in [0.1, 0.15) is 38.1 Å². The Kier molecular flexibility index (Phi) is 8.16. The summed E-state index contributed by atoms with van der Waals surface area (Å²) in [7, 11) is 2.15. The molecular formula is C17H29N3. The van der Waals surface area contributed by atoms with E-state index < -0.39 is 0 Å². The van der Waals surface area contributed by atoms with Crippen molar-refractivity contribution in [3.8, 4) is 0 Å². The number of aromatic nitrogens is 1. The summed E-state index contributed by atoms with van der Waals surface area (Å²) in [4.78, 5) is 7.03. The quantitative estimate of drug-likeness (QED) is 0.525. The predicted octanol–water partition coefficient (Wildman–Crippen LogP) is 3.23. The van der Waals surface area contributed by atoms with Crippen LogP contribution in [0.15, 0.2) is 30.9 Å². The molecule has 0 amide bonds. The van der Waals surface area contributed by atoms with Gasteiger partial charge in [0.1, 0.15) is 0 Å². The van der Waals surface area contributed by atoms with E-state index in [1.54, 1.807) is 0 Å². The summed E-state index contributed by atoms with van der Waals surface area (Å²) in [5.41, 5.74) is 2.28. The fourth-order valence-electron chi connectivity index (χ4n) is 2.07. The van der Waals surface area contributed by atoms with Crippen LogP contribution in [0, 0.1) is 5.92 Å². The highest BCUT2D eigenvalue weighted by Crippen LogP contribution is 2.04. The van der Waals surface area contributed by atoms with E-state index in [-0.39, 0.29) is 0 Å². The van der Waals surface area contributed by atoms with Crippen LogP contribution in [0.3, 0.4) is 0 Å². The van der Waals surface area contributed by atoms with Crippen LogP contribution in [-0.4, -0.2) is 30.0 Å². The lowest BCUT2D eigenvalue weighted by atomic mass is 10.2. The van der Waals surface area contributed by atoms with Crippen molar-refractivity contribution in [3.05, 3.63) is 42.2 Å². The Morgan fingerprint density at radius 1 is 1.35 bits per heavy atom. The summed E-state index contributed by atoms with van der Waals surface area (Å²) in [6.07, 6.45) is 4.22. The van der Waals surface area contributed by atoms with Crippen LogP contribution in [0.4, 0.5) is 0 Å². The first-order valence-corrected chi connectivity index (χ1v) is 7.56. The molecule has 112 valence electrons. The second-order valence-corrected chi connectivity index (χ2v) is 5.81. The first-order chi connectivity index (χ1) is 9.61. The fraction of sp³-hybridized carbons (Fsp3) is 0.588. The van der Waals surface area contributed by atoms with Crippen molar-refractivity contribution in [1.82, 2.24) is 15.2 Å². The molecule has 0 spiro atoms. The topological polar surface area (TPSA) is 28.2 Å². The zero-order chi connectivity index (χ0) is 14.8. The Labute approximate surface area is 124 Å². The zero-order valence-electron chi connectivity index (χ0n) is 13.2. The molecule has 0 aliphatic carbocycles. The number of allylic oxidation sites excluding steroid dienone is 1. The Morgan fingerprint density at radius 2 is 2.10 bits per heavy atom. The highest BCUT2D eigenvalue weighted by Gasteiger charge is 2.03. The molecule has 0 radical (unpaired) electrons. The molecule has 20 heavy (non-hydrogen) atoms. The van der Waals surface area contributed by atoms with Crippen molar-refractivity contribution in [3.63, 3.8) is 0 Å². The monoisotopic (exact) mass is 275 g/mol. The van der Waals surface area contributed by atoms with E-state index >= 15 is 0 Å². The lowest BCUT2D eigenvalue weighted by Crippen LogP contribution is -2.22. The van der Waals surface area contributed by atoms with E-state index in [0.29, 0.717) is 5.92 Å². The standard InChI is InChI=1S/C17H29N3/c1-5-6-7-11-20(4)14-17-10-8-9-16(19-17)13-18-12-15(2)3/h5,8-10,15,18H,1,6-7,11-14H2,2-4H3. The molecule has 0 fully saturated rings. The van der Waals surface area contributed by atoms with Gasteiger partial charge < -0.3 is 10.2 Å². The summed E-state index contributed by atoms with van der Waals surface area (Å²) in [5.74, 6) is 0.675. The molecule has 1 aromatic rings. The SMILES string of the molecule is C=CCCCN(C)Cc1cccc(CNCC(C)C)n1. The number of rotatable bonds is 10. The molecule has 0 saturated heterocycles. The molecule has 1 heterocycles. The zero-order valence-corrected chi connectivity index (χ0v) is 13.2. The second kappa shape index (κ2) is 9.67. The van der Waals surface area contributed by atoms with Gasteiger partial charge in [-0.3, -0.25) is 4.98 Å². The van der Waals surface area contributed by atoms with Crippen molar-refractivity contribution in [2.75, 3.05) is 20.1 Å². The predicted molar refractivity (Wildman–Crippen MR) is 86.5 cm³/mol. The highest BCUT2D eigenvalue weighted by atomic mass is 15.1. The van der Waals surface area contributed by atoms with Gasteiger partial charge in [0.15, 0.2) is 0 Å². The molecule has 3 heteroatoms. The molecule has 0 aliphatic heterocycles. The van der Waals surface area contributed by atoms with Crippen LogP contribution in [0.2, 0.25) is 0 Å². The molecule has 3 nitrogen and oxygen atoms in total. The van der Waals surface area contributed by atoms with Gasteiger partial charge in [0, 0.05) is 13.1 Å². The molecule has 0 aromatic carbocycles. The van der Waals surface area contributed by atoms with Crippen LogP contribution in [-0.2, 0) is 13.1 Å². The van der Waals surface area contributed by atoms with Gasteiger partial charge in [-0.2, -0.15) is 0 Å². The van der Waals surface area contributed by atoms with E-state index in [2.05, 4.69) is 55.9 Å². The first kappa shape index (κ1) is 16.9. The molecule has 0 atom stereocenters. The maximum atomic E-state index is 4.71. The van der Waals surface area contributed by atoms with Gasteiger partial charge in [-0.25, -0.2) is 0 Å². The first-order valence-electron chi connectivity index (χ1n) is 7.56. The average molecular weight is 275 g/mol. The minimum absolute atomic E-state index is 0.675. The van der Waals surface area contributed by atoms with Crippen LogP contribution >= 0.6 is 0 Å². The van der Waals surface area contributed by atoms with E-state index in [1.807, 2.05) is 6.08 Å². The second-order valence-electron chi connectivity index (χ2n) is 5.81. The van der Waals surface area contributed by atoms with E-state index in [1.165, 1.54) is 0 Å². The van der Waals surface area contributed by atoms with Gasteiger partial charge in [-0.05, 0) is 51.0 Å². The van der Waals surface area contributed by atoms with Crippen molar-refractivity contribution in [2.24, 2.45) is 5.92 Å². The Morgan fingerprint density at radius 3 is 2.80 bits per heavy atom. The smallest absolute Gasteiger partial charge is 0.0547 e. The largest absolute Gasteiger partial charge is 0.311 e. The van der Waals surface area contributed by atoms with Gasteiger partial charge in [-0.15, -0.1) is 6.58 Å². The van der Waals surface area contributed by atoms with Crippen molar-refractivity contribution < 1.29 is 0 Å². The third kappa shape index (κ3) is 7.41. The summed E-state index contributed by atoms with van der Waals surface area (Å²) in [5, 5.41) is 3.44. The maximum Gasteiger partial charge on any atom is 0.0547 e. The maximum absolute atomic E-state index is 4.71. The third-order valence-electron chi connectivity index (χ3n) is 3.10. The minimum Gasteiger partial charge on any atom is -0.311 e. The summed E-state index contributed by atoms with van der Waals surface area (Å²) in [6, 6.07) is 6.30. The Bertz CT molecular complexity index is 388. The third-order valence-corrected chi connectivity index (χ3v) is 3.10. The molecule has 1 aromatic heterocycles. The number of nitrogens with one attached hydrogen (secondary N) is 1. The highest BCUT2D eigenvalue weighted by molar-refractivity contribution is 5.11. The van der Waals surface area contributed by atoms with Gasteiger partial charge in [0.05, 0.1) is 11.4 Å². The van der Waals surface area contributed by atoms with Crippen molar-refractivity contribution >= 4 is 0 Å². The Balaban J connectivity index is 2.40. The van der Waals surface area contributed by atoms with Crippen molar-refractivity contribution in [2.45, 2.75) is 39.8 Å². The van der Waals surface area contributed by atoms with E-state index in [9.17, 15) is 0 Å². The van der Waals surface area contributed by atoms with Gasteiger partial charge in [-0.1, -0.05) is 26.0 Å². The van der Waals surface area contributed by atoms with Crippen LogP contribution < -0.4 is 5.32 Å².